The van der Waals surface area contributed by atoms with Gasteiger partial charge in [-0.3, -0.25) is 14.9 Å². The van der Waals surface area contributed by atoms with Crippen molar-refractivity contribution < 1.29 is 18.5 Å². The van der Waals surface area contributed by atoms with Crippen LogP contribution in [-0.4, -0.2) is 23.1 Å². The Kier molecular flexibility index (Phi) is 6.54. The number of carbonyl (C=O) groups excluding carboxylic acids is 1. The predicted molar refractivity (Wildman–Crippen MR) is 93.5 cm³/mol. The summed E-state index contributed by atoms with van der Waals surface area (Å²) >= 11 is 6.04. The third-order valence-electron chi connectivity index (χ3n) is 2.97. The number of para-hydroxylation sites is 1. The molecule has 1 amide bonds. The van der Waals surface area contributed by atoms with Gasteiger partial charge in [0.25, 0.3) is 11.4 Å². The summed E-state index contributed by atoms with van der Waals surface area (Å²) in [6.45, 7) is -0.202. The topological polar surface area (TPSA) is 84.3 Å². The quantitative estimate of drug-likeness (QED) is 0.411. The molecule has 6 nitrogen and oxygen atoms in total. The fourth-order valence-corrected chi connectivity index (χ4v) is 2.69. The molecule has 0 radical (unpaired) electrons. The van der Waals surface area contributed by atoms with Crippen molar-refractivity contribution in [1.82, 2.24) is 0 Å². The van der Waals surface area contributed by atoms with Gasteiger partial charge in [0.2, 0.25) is 5.91 Å². The first-order valence-corrected chi connectivity index (χ1v) is 8.14. The van der Waals surface area contributed by atoms with Gasteiger partial charge in [0.15, 0.2) is 0 Å². The average molecular weight is 388 g/mol. The second kappa shape index (κ2) is 8.63. The number of hydrogen-bond acceptors (Lipinski definition) is 5. The van der Waals surface area contributed by atoms with Crippen LogP contribution < -0.4 is 10.6 Å². The minimum Gasteiger partial charge on any atom is -0.376 e. The molecule has 2 aromatic rings. The minimum absolute atomic E-state index is 0.0158. The SMILES string of the molecule is O=C(CNc1ccc(Cl)c([N+](=O)[O-])c1)Nc1ccccc1SC(F)F. The first kappa shape index (κ1) is 18.9. The summed E-state index contributed by atoms with van der Waals surface area (Å²) in [7, 11) is 0. The van der Waals surface area contributed by atoms with Crippen LogP contribution in [0.1, 0.15) is 0 Å². The van der Waals surface area contributed by atoms with Gasteiger partial charge in [-0.2, -0.15) is 8.78 Å². The Morgan fingerprint density at radius 2 is 2.00 bits per heavy atom. The highest BCUT2D eigenvalue weighted by Crippen LogP contribution is 2.31. The number of thioether (sulfide) groups is 1. The maximum absolute atomic E-state index is 12.5. The monoisotopic (exact) mass is 387 g/mol. The van der Waals surface area contributed by atoms with E-state index in [4.69, 9.17) is 11.6 Å². The summed E-state index contributed by atoms with van der Waals surface area (Å²) < 4.78 is 25.0. The molecule has 0 saturated carbocycles. The third kappa shape index (κ3) is 5.57. The number of benzene rings is 2. The van der Waals surface area contributed by atoms with E-state index in [0.717, 1.165) is 0 Å². The highest BCUT2D eigenvalue weighted by Gasteiger charge is 2.14. The van der Waals surface area contributed by atoms with Crippen molar-refractivity contribution in [3.05, 3.63) is 57.6 Å². The second-order valence-corrected chi connectivity index (χ2v) is 6.14. The summed E-state index contributed by atoms with van der Waals surface area (Å²) in [6.07, 6.45) is 0. The van der Waals surface area contributed by atoms with E-state index in [9.17, 15) is 23.7 Å². The van der Waals surface area contributed by atoms with Crippen LogP contribution in [0.5, 0.6) is 0 Å². The number of nitrogens with one attached hydrogen (secondary N) is 2. The summed E-state index contributed by atoms with van der Waals surface area (Å²) in [4.78, 5) is 22.4. The molecule has 25 heavy (non-hydrogen) atoms. The number of nitrogens with zero attached hydrogens (tertiary/aromatic N) is 1. The number of anilines is 2. The Morgan fingerprint density at radius 1 is 1.28 bits per heavy atom. The summed E-state index contributed by atoms with van der Waals surface area (Å²) in [6, 6.07) is 10.2. The number of rotatable bonds is 7. The lowest BCUT2D eigenvalue weighted by molar-refractivity contribution is -0.384. The van der Waals surface area contributed by atoms with E-state index >= 15 is 0 Å². The highest BCUT2D eigenvalue weighted by atomic mass is 35.5. The van der Waals surface area contributed by atoms with Gasteiger partial charge in [-0.15, -0.1) is 0 Å². The normalized spacial score (nSPS) is 10.6. The molecule has 2 N–H and O–H groups in total. The van der Waals surface area contributed by atoms with Crippen molar-refractivity contribution >= 4 is 46.3 Å². The molecule has 10 heteroatoms. The standard InChI is InChI=1S/C15H12ClF2N3O3S/c16-10-6-5-9(7-12(10)21(23)24)19-8-14(22)20-11-3-1-2-4-13(11)25-15(17)18/h1-7,15,19H,8H2,(H,20,22). The van der Waals surface area contributed by atoms with Crippen molar-refractivity contribution in [2.75, 3.05) is 17.2 Å². The Bertz CT molecular complexity index is 792. The maximum Gasteiger partial charge on any atom is 0.289 e. The van der Waals surface area contributed by atoms with Crippen molar-refractivity contribution in [3.8, 4) is 0 Å². The molecule has 2 aromatic carbocycles. The third-order valence-corrected chi connectivity index (χ3v) is 4.08. The van der Waals surface area contributed by atoms with Crippen LogP contribution in [0.15, 0.2) is 47.4 Å². The molecule has 0 bridgehead atoms. The van der Waals surface area contributed by atoms with Gasteiger partial charge in [-0.25, -0.2) is 0 Å². The number of nitro benzene ring substituents is 1. The molecule has 132 valence electrons. The Labute approximate surface area is 150 Å². The first-order valence-electron chi connectivity index (χ1n) is 6.88. The summed E-state index contributed by atoms with van der Waals surface area (Å²) in [5.41, 5.74) is 0.314. The molecule has 0 heterocycles. The number of alkyl halides is 2. The molecule has 0 spiro atoms. The van der Waals surface area contributed by atoms with Crippen molar-refractivity contribution in [1.29, 1.82) is 0 Å². The van der Waals surface area contributed by atoms with E-state index in [-0.39, 0.29) is 27.8 Å². The van der Waals surface area contributed by atoms with Crippen LogP contribution in [0.4, 0.5) is 25.8 Å². The average Bonchev–Trinajstić information content (AvgIpc) is 2.55. The molecule has 2 rings (SSSR count). The molecule has 0 aromatic heterocycles. The number of carbonyl (C=O) groups is 1. The summed E-state index contributed by atoms with van der Waals surface area (Å²) in [5.74, 6) is -3.09. The zero-order chi connectivity index (χ0) is 18.4. The van der Waals surface area contributed by atoms with Gasteiger partial charge in [0, 0.05) is 16.6 Å². The zero-order valence-electron chi connectivity index (χ0n) is 12.5. The molecule has 0 atom stereocenters. The molecule has 0 aliphatic rings. The lowest BCUT2D eigenvalue weighted by atomic mass is 10.2. The Morgan fingerprint density at radius 3 is 2.68 bits per heavy atom. The van der Waals surface area contributed by atoms with Gasteiger partial charge in [0.1, 0.15) is 5.02 Å². The van der Waals surface area contributed by atoms with E-state index < -0.39 is 16.6 Å². The van der Waals surface area contributed by atoms with E-state index in [2.05, 4.69) is 10.6 Å². The van der Waals surface area contributed by atoms with Crippen molar-refractivity contribution in [3.63, 3.8) is 0 Å². The maximum atomic E-state index is 12.5. The van der Waals surface area contributed by atoms with Crippen LogP contribution in [0.2, 0.25) is 5.02 Å². The number of nitro groups is 1. The van der Waals surface area contributed by atoms with E-state index in [1.54, 1.807) is 12.1 Å². The van der Waals surface area contributed by atoms with Gasteiger partial charge >= 0.3 is 0 Å². The number of hydrogen-bond donors (Lipinski definition) is 2. The lowest BCUT2D eigenvalue weighted by Crippen LogP contribution is -2.22. The fourth-order valence-electron chi connectivity index (χ4n) is 1.91. The molecule has 0 aliphatic carbocycles. The summed E-state index contributed by atoms with van der Waals surface area (Å²) in [5, 5.41) is 16.1. The van der Waals surface area contributed by atoms with Crippen LogP contribution in [-0.2, 0) is 4.79 Å². The first-order chi connectivity index (χ1) is 11.9. The Balaban J connectivity index is 2.00. The van der Waals surface area contributed by atoms with E-state index in [1.807, 2.05) is 0 Å². The second-order valence-electron chi connectivity index (χ2n) is 4.70. The molecular weight excluding hydrogens is 376 g/mol. The smallest absolute Gasteiger partial charge is 0.289 e. The van der Waals surface area contributed by atoms with Crippen molar-refractivity contribution in [2.45, 2.75) is 10.7 Å². The van der Waals surface area contributed by atoms with Gasteiger partial charge in [-0.1, -0.05) is 35.5 Å². The molecule has 0 fully saturated rings. The lowest BCUT2D eigenvalue weighted by Gasteiger charge is -2.11. The minimum atomic E-state index is -2.61. The molecular formula is C15H12ClF2N3O3S. The molecule has 0 aliphatic heterocycles. The van der Waals surface area contributed by atoms with Crippen LogP contribution >= 0.6 is 23.4 Å². The number of halogens is 3. The van der Waals surface area contributed by atoms with Gasteiger partial charge < -0.3 is 10.6 Å². The van der Waals surface area contributed by atoms with Crippen molar-refractivity contribution in [2.24, 2.45) is 0 Å². The molecule has 0 unspecified atom stereocenters. The van der Waals surface area contributed by atoms with E-state index in [0.29, 0.717) is 17.4 Å². The van der Waals surface area contributed by atoms with Crippen LogP contribution in [0, 0.1) is 10.1 Å². The fraction of sp³-hybridized carbons (Fsp3) is 0.133. The van der Waals surface area contributed by atoms with Crippen LogP contribution in [0.3, 0.4) is 0 Å². The largest absolute Gasteiger partial charge is 0.376 e. The van der Waals surface area contributed by atoms with Gasteiger partial charge in [0.05, 0.1) is 17.2 Å². The predicted octanol–water partition coefficient (Wildman–Crippen LogP) is 4.61. The Hall–Kier alpha value is -2.39. The number of amides is 1. The molecule has 0 saturated heterocycles. The van der Waals surface area contributed by atoms with Gasteiger partial charge in [-0.05, 0) is 24.3 Å². The zero-order valence-corrected chi connectivity index (χ0v) is 14.1. The highest BCUT2D eigenvalue weighted by molar-refractivity contribution is 7.99. The van der Waals surface area contributed by atoms with Crippen LogP contribution in [0.25, 0.3) is 0 Å². The van der Waals surface area contributed by atoms with E-state index in [1.165, 1.54) is 30.3 Å².